The van der Waals surface area contributed by atoms with E-state index < -0.39 is 0 Å². The zero-order valence-electron chi connectivity index (χ0n) is 11.4. The predicted molar refractivity (Wildman–Crippen MR) is 80.2 cm³/mol. The summed E-state index contributed by atoms with van der Waals surface area (Å²) in [5.41, 5.74) is 0.725. The second-order valence-corrected chi connectivity index (χ2v) is 6.32. The van der Waals surface area contributed by atoms with Crippen LogP contribution < -0.4 is 10.6 Å². The minimum atomic E-state index is -0.365. The van der Waals surface area contributed by atoms with E-state index in [0.29, 0.717) is 5.88 Å². The zero-order valence-corrected chi connectivity index (χ0v) is 13.0. The first kappa shape index (κ1) is 15.0. The van der Waals surface area contributed by atoms with Crippen LogP contribution >= 0.6 is 22.9 Å². The van der Waals surface area contributed by atoms with Crippen molar-refractivity contribution in [2.24, 2.45) is 0 Å². The van der Waals surface area contributed by atoms with Crippen molar-refractivity contribution in [2.75, 3.05) is 5.32 Å². The molecule has 5 nitrogen and oxygen atoms in total. The van der Waals surface area contributed by atoms with Crippen LogP contribution in [0, 0.1) is 6.92 Å². The molecule has 0 saturated heterocycles. The minimum Gasteiger partial charge on any atom is -0.338 e. The van der Waals surface area contributed by atoms with Gasteiger partial charge in [-0.1, -0.05) is 16.8 Å². The molecule has 2 rings (SSSR count). The van der Waals surface area contributed by atoms with E-state index in [0.717, 1.165) is 14.9 Å². The molecule has 7 heteroatoms. The number of thiophene rings is 1. The third-order valence-electron chi connectivity index (χ3n) is 2.79. The Bertz CT molecular complexity index is 596. The Hall–Kier alpha value is -1.37. The maximum atomic E-state index is 12.0. The highest BCUT2D eigenvalue weighted by molar-refractivity contribution is 7.16. The van der Waals surface area contributed by atoms with Crippen LogP contribution in [0.2, 0.25) is 4.34 Å². The molecule has 108 valence electrons. The highest BCUT2D eigenvalue weighted by Gasteiger charge is 2.18. The lowest BCUT2D eigenvalue weighted by molar-refractivity contribution is -0.118. The molecular formula is C13H16ClN3O2S. The largest absolute Gasteiger partial charge is 0.338 e. The number of aromatic nitrogens is 1. The molecule has 20 heavy (non-hydrogen) atoms. The van der Waals surface area contributed by atoms with Crippen molar-refractivity contribution < 1.29 is 9.32 Å². The van der Waals surface area contributed by atoms with Crippen LogP contribution in [0.1, 0.15) is 30.5 Å². The van der Waals surface area contributed by atoms with E-state index >= 15 is 0 Å². The van der Waals surface area contributed by atoms with Gasteiger partial charge in [-0.3, -0.25) is 15.4 Å². The van der Waals surface area contributed by atoms with Crippen molar-refractivity contribution in [1.29, 1.82) is 0 Å². The van der Waals surface area contributed by atoms with Gasteiger partial charge in [0.1, 0.15) is 0 Å². The Morgan fingerprint density at radius 1 is 1.45 bits per heavy atom. The van der Waals surface area contributed by atoms with Crippen molar-refractivity contribution >= 4 is 34.7 Å². The molecule has 0 saturated carbocycles. The Morgan fingerprint density at radius 2 is 2.20 bits per heavy atom. The van der Waals surface area contributed by atoms with Gasteiger partial charge in [-0.25, -0.2) is 0 Å². The van der Waals surface area contributed by atoms with Crippen LogP contribution in [0.15, 0.2) is 22.7 Å². The maximum absolute atomic E-state index is 12.0. The number of anilines is 1. The molecule has 2 atom stereocenters. The first-order valence-corrected chi connectivity index (χ1v) is 7.40. The van der Waals surface area contributed by atoms with Crippen molar-refractivity contribution in [3.8, 4) is 0 Å². The summed E-state index contributed by atoms with van der Waals surface area (Å²) in [7, 11) is 0. The summed E-state index contributed by atoms with van der Waals surface area (Å²) in [6.45, 7) is 5.58. The summed E-state index contributed by atoms with van der Waals surface area (Å²) in [6, 6.07) is 5.16. The Balaban J connectivity index is 1.90. The van der Waals surface area contributed by atoms with Crippen LogP contribution in [-0.4, -0.2) is 17.1 Å². The number of rotatable bonds is 5. The number of halogens is 1. The summed E-state index contributed by atoms with van der Waals surface area (Å²) in [6.07, 6.45) is 0. The fraction of sp³-hybridized carbons (Fsp3) is 0.385. The fourth-order valence-electron chi connectivity index (χ4n) is 1.75. The average Bonchev–Trinajstić information content (AvgIpc) is 2.98. The number of nitrogens with zero attached hydrogens (tertiary/aromatic N) is 1. The van der Waals surface area contributed by atoms with Gasteiger partial charge in [0.05, 0.1) is 16.1 Å². The number of amides is 1. The molecule has 0 spiro atoms. The summed E-state index contributed by atoms with van der Waals surface area (Å²) in [5.74, 6) is 0.184. The molecular weight excluding hydrogens is 298 g/mol. The standard InChI is InChI=1S/C13H16ClN3O2S/c1-7-6-12(19-17-7)16-13(18)9(3)15-8(2)10-4-5-11(14)20-10/h4-6,8-9,15H,1-3H3,(H,16,18)/t8-,9+/m1/s1. The van der Waals surface area contributed by atoms with Crippen LogP contribution in [0.4, 0.5) is 5.88 Å². The molecule has 0 radical (unpaired) electrons. The van der Waals surface area contributed by atoms with Crippen molar-refractivity contribution in [3.05, 3.63) is 33.1 Å². The SMILES string of the molecule is Cc1cc(NC(=O)[C@H](C)N[C@H](C)c2ccc(Cl)s2)on1. The second-order valence-electron chi connectivity index (χ2n) is 4.57. The maximum Gasteiger partial charge on any atom is 0.243 e. The lowest BCUT2D eigenvalue weighted by atomic mass is 10.2. The van der Waals surface area contributed by atoms with E-state index in [2.05, 4.69) is 15.8 Å². The van der Waals surface area contributed by atoms with E-state index in [9.17, 15) is 4.79 Å². The van der Waals surface area contributed by atoms with Gasteiger partial charge in [-0.2, -0.15) is 0 Å². The average molecular weight is 314 g/mol. The Labute approximate surface area is 126 Å². The molecule has 0 aliphatic heterocycles. The Morgan fingerprint density at radius 3 is 2.75 bits per heavy atom. The second kappa shape index (κ2) is 6.39. The van der Waals surface area contributed by atoms with Gasteiger partial charge < -0.3 is 4.52 Å². The highest BCUT2D eigenvalue weighted by Crippen LogP contribution is 2.26. The molecule has 0 fully saturated rings. The smallest absolute Gasteiger partial charge is 0.243 e. The van der Waals surface area contributed by atoms with Gasteiger partial charge in [0, 0.05) is 17.0 Å². The molecule has 2 N–H and O–H groups in total. The number of carbonyl (C=O) groups is 1. The van der Waals surface area contributed by atoms with Crippen molar-refractivity contribution in [1.82, 2.24) is 10.5 Å². The van der Waals surface area contributed by atoms with E-state index in [1.807, 2.05) is 19.1 Å². The molecule has 0 aliphatic rings. The molecule has 0 aliphatic carbocycles. The van der Waals surface area contributed by atoms with E-state index in [1.165, 1.54) is 11.3 Å². The molecule has 2 aromatic heterocycles. The number of aryl methyl sites for hydroxylation is 1. The zero-order chi connectivity index (χ0) is 14.7. The van der Waals surface area contributed by atoms with Gasteiger partial charge in [0.2, 0.25) is 11.8 Å². The summed E-state index contributed by atoms with van der Waals surface area (Å²) in [5, 5.41) is 9.60. The Kier molecular flexibility index (Phi) is 4.80. The van der Waals surface area contributed by atoms with Gasteiger partial charge in [-0.15, -0.1) is 11.3 Å². The van der Waals surface area contributed by atoms with E-state index in [-0.39, 0.29) is 18.0 Å². The summed E-state index contributed by atoms with van der Waals surface area (Å²) >= 11 is 7.40. The van der Waals surface area contributed by atoms with Crippen LogP contribution in [0.3, 0.4) is 0 Å². The molecule has 0 bridgehead atoms. The number of nitrogens with one attached hydrogen (secondary N) is 2. The number of hydrogen-bond donors (Lipinski definition) is 2. The van der Waals surface area contributed by atoms with Crippen LogP contribution in [0.25, 0.3) is 0 Å². The third-order valence-corrected chi connectivity index (χ3v) is 4.20. The monoisotopic (exact) mass is 313 g/mol. The summed E-state index contributed by atoms with van der Waals surface area (Å²) < 4.78 is 5.69. The topological polar surface area (TPSA) is 67.2 Å². The minimum absolute atomic E-state index is 0.0460. The normalized spacial score (nSPS) is 14.0. The first-order chi connectivity index (χ1) is 9.45. The molecule has 0 aromatic carbocycles. The third kappa shape index (κ3) is 3.82. The highest BCUT2D eigenvalue weighted by atomic mass is 35.5. The lowest BCUT2D eigenvalue weighted by Gasteiger charge is -2.17. The van der Waals surface area contributed by atoms with E-state index in [4.69, 9.17) is 16.1 Å². The number of hydrogen-bond acceptors (Lipinski definition) is 5. The lowest BCUT2D eigenvalue weighted by Crippen LogP contribution is -2.39. The first-order valence-electron chi connectivity index (χ1n) is 6.21. The predicted octanol–water partition coefficient (Wildman–Crippen LogP) is 3.38. The number of carbonyl (C=O) groups excluding carboxylic acids is 1. The van der Waals surface area contributed by atoms with E-state index in [1.54, 1.807) is 19.9 Å². The van der Waals surface area contributed by atoms with Crippen LogP contribution in [-0.2, 0) is 4.79 Å². The van der Waals surface area contributed by atoms with Gasteiger partial charge in [0.15, 0.2) is 0 Å². The van der Waals surface area contributed by atoms with Gasteiger partial charge in [-0.05, 0) is 32.9 Å². The van der Waals surface area contributed by atoms with Gasteiger partial charge >= 0.3 is 0 Å². The molecule has 1 amide bonds. The molecule has 2 aromatic rings. The molecule has 2 heterocycles. The van der Waals surface area contributed by atoms with Gasteiger partial charge in [0.25, 0.3) is 0 Å². The summed E-state index contributed by atoms with van der Waals surface area (Å²) in [4.78, 5) is 13.1. The van der Waals surface area contributed by atoms with Crippen molar-refractivity contribution in [2.45, 2.75) is 32.9 Å². The quantitative estimate of drug-likeness (QED) is 0.888. The van der Waals surface area contributed by atoms with Crippen molar-refractivity contribution in [3.63, 3.8) is 0 Å². The molecule has 0 unspecified atom stereocenters. The fourth-order valence-corrected chi connectivity index (χ4v) is 2.82. The van der Waals surface area contributed by atoms with Crippen LogP contribution in [0.5, 0.6) is 0 Å².